The molecule has 10 atom stereocenters. The number of hydrogen-bond donors (Lipinski definition) is 0. The van der Waals surface area contributed by atoms with Gasteiger partial charge in [-0.1, -0.05) is 243 Å². The second-order valence-electron chi connectivity index (χ2n) is 20.6. The van der Waals surface area contributed by atoms with Crippen molar-refractivity contribution in [2.45, 2.75) is 114 Å². The predicted octanol–water partition coefficient (Wildman–Crippen LogP) is 13.0. The van der Waals surface area contributed by atoms with E-state index in [1.165, 1.54) is 0 Å². The quantitative estimate of drug-likeness (QED) is 0.0400. The molecule has 1 unspecified atom stereocenters. The minimum absolute atomic E-state index is 0.0697. The lowest BCUT2D eigenvalue weighted by Crippen LogP contribution is -2.61. The second-order valence-corrected chi connectivity index (χ2v) is 20.6. The van der Waals surface area contributed by atoms with E-state index >= 15 is 0 Å². The molecular formula is C71H74O12. The van der Waals surface area contributed by atoms with Crippen LogP contribution in [0.1, 0.15) is 50.1 Å². The second kappa shape index (κ2) is 31.5. The van der Waals surface area contributed by atoms with Crippen molar-refractivity contribution in [3.8, 4) is 0 Å². The van der Waals surface area contributed by atoms with E-state index < -0.39 is 61.4 Å². The highest BCUT2D eigenvalue weighted by atomic mass is 16.7. The topological polar surface area (TPSA) is 111 Å². The Balaban J connectivity index is 0.951. The first-order chi connectivity index (χ1) is 41.0. The normalized spacial score (nSPS) is 22.4. The van der Waals surface area contributed by atoms with Crippen LogP contribution in [-0.2, 0) is 110 Å². The fraction of sp³-hybridized carbons (Fsp3) is 0.296. The van der Waals surface area contributed by atoms with Gasteiger partial charge in [0.2, 0.25) is 0 Å². The molecule has 0 N–H and O–H groups in total. The molecule has 10 rings (SSSR count). The highest BCUT2D eigenvalue weighted by molar-refractivity contribution is 5.61. The summed E-state index contributed by atoms with van der Waals surface area (Å²) in [7, 11) is 1.61. The van der Waals surface area contributed by atoms with Gasteiger partial charge in [-0.05, 0) is 44.5 Å². The number of ether oxygens (including phenoxy) is 12. The molecule has 2 saturated heterocycles. The average molecular weight is 1120 g/mol. The van der Waals surface area contributed by atoms with Crippen LogP contribution in [0, 0.1) is 0 Å². The summed E-state index contributed by atoms with van der Waals surface area (Å²) in [6.07, 6.45) is -7.51. The van der Waals surface area contributed by atoms with E-state index in [4.69, 9.17) is 56.8 Å². The van der Waals surface area contributed by atoms with Crippen LogP contribution in [0.4, 0.5) is 0 Å². The maximum absolute atomic E-state index is 7.15. The first-order valence-corrected chi connectivity index (χ1v) is 28.4. The van der Waals surface area contributed by atoms with E-state index in [1.54, 1.807) is 7.11 Å². The molecule has 2 aliphatic heterocycles. The molecule has 8 aromatic carbocycles. The molecular weight excluding hydrogens is 1040 g/mol. The van der Waals surface area contributed by atoms with Crippen molar-refractivity contribution < 1.29 is 56.8 Å². The molecule has 2 aliphatic rings. The third-order valence-corrected chi connectivity index (χ3v) is 14.6. The zero-order chi connectivity index (χ0) is 56.7. The SMILES string of the molecule is C=C(O[C@H]1[C@H](OCc2ccccc2)[C@@H](OCc2ccccc2)[C@@H](OC)O[C@@H]1COCc1ccccc1)c1ccccc1COC1O[C@H](COCc2ccccc2)[C@@H](OCc2ccccc2)[C@H](OCc2ccccc2)[C@@H]1OCc1ccccc1. The molecule has 83 heavy (non-hydrogen) atoms. The van der Waals surface area contributed by atoms with Gasteiger partial charge in [-0.15, -0.1) is 0 Å². The minimum Gasteiger partial charge on any atom is -0.485 e. The van der Waals surface area contributed by atoms with Crippen LogP contribution >= 0.6 is 0 Å². The first kappa shape index (κ1) is 59.0. The molecule has 2 fully saturated rings. The van der Waals surface area contributed by atoms with Crippen molar-refractivity contribution in [3.63, 3.8) is 0 Å². The molecule has 8 aromatic rings. The highest BCUT2D eigenvalue weighted by Gasteiger charge is 2.51. The van der Waals surface area contributed by atoms with Crippen LogP contribution in [-0.4, -0.2) is 81.7 Å². The fourth-order valence-electron chi connectivity index (χ4n) is 10.3. The Morgan fingerprint density at radius 1 is 0.325 bits per heavy atom. The van der Waals surface area contributed by atoms with Gasteiger partial charge in [0.1, 0.15) is 48.5 Å². The average Bonchev–Trinajstić information content (AvgIpc) is 3.69. The van der Waals surface area contributed by atoms with Gasteiger partial charge in [-0.25, -0.2) is 0 Å². The number of hydrogen-bond acceptors (Lipinski definition) is 12. The van der Waals surface area contributed by atoms with Gasteiger partial charge in [-0.3, -0.25) is 0 Å². The summed E-state index contributed by atoms with van der Waals surface area (Å²) in [4.78, 5) is 0. The van der Waals surface area contributed by atoms with E-state index in [1.807, 2.05) is 237 Å². The van der Waals surface area contributed by atoms with Gasteiger partial charge in [0, 0.05) is 12.7 Å². The fourth-order valence-corrected chi connectivity index (χ4v) is 10.3. The third kappa shape index (κ3) is 17.2. The van der Waals surface area contributed by atoms with E-state index in [-0.39, 0.29) is 46.2 Å². The third-order valence-electron chi connectivity index (χ3n) is 14.6. The predicted molar refractivity (Wildman–Crippen MR) is 317 cm³/mol. The van der Waals surface area contributed by atoms with Crippen LogP contribution < -0.4 is 0 Å². The van der Waals surface area contributed by atoms with Gasteiger partial charge in [0.05, 0.1) is 66.1 Å². The molecule has 0 bridgehead atoms. The van der Waals surface area contributed by atoms with Gasteiger partial charge < -0.3 is 56.8 Å². The van der Waals surface area contributed by atoms with Crippen LogP contribution in [0.5, 0.6) is 0 Å². The summed E-state index contributed by atoms with van der Waals surface area (Å²) in [5.74, 6) is 0.365. The minimum atomic E-state index is -0.967. The molecule has 12 heteroatoms. The molecule has 0 spiro atoms. The Morgan fingerprint density at radius 2 is 0.639 bits per heavy atom. The zero-order valence-electron chi connectivity index (χ0n) is 47.0. The lowest BCUT2D eigenvalue weighted by atomic mass is 9.97. The van der Waals surface area contributed by atoms with Crippen molar-refractivity contribution in [1.82, 2.24) is 0 Å². The van der Waals surface area contributed by atoms with E-state index in [2.05, 4.69) is 6.58 Å². The molecule has 2 heterocycles. The van der Waals surface area contributed by atoms with Crippen molar-refractivity contribution in [1.29, 1.82) is 0 Å². The van der Waals surface area contributed by atoms with Gasteiger partial charge >= 0.3 is 0 Å². The summed E-state index contributed by atoms with van der Waals surface area (Å²) in [5, 5.41) is 0. The molecule has 0 aromatic heterocycles. The van der Waals surface area contributed by atoms with E-state index in [0.717, 1.165) is 44.5 Å². The molecule has 0 saturated carbocycles. The number of rotatable bonds is 30. The largest absolute Gasteiger partial charge is 0.485 e. The molecule has 0 amide bonds. The summed E-state index contributed by atoms with van der Waals surface area (Å²) in [6.45, 7) is 7.12. The Labute approximate surface area is 488 Å². The van der Waals surface area contributed by atoms with Crippen molar-refractivity contribution in [2.24, 2.45) is 0 Å². The molecule has 0 aliphatic carbocycles. The van der Waals surface area contributed by atoms with Gasteiger partial charge in [0.25, 0.3) is 0 Å². The van der Waals surface area contributed by atoms with E-state index in [9.17, 15) is 0 Å². The lowest BCUT2D eigenvalue weighted by Gasteiger charge is -2.46. The van der Waals surface area contributed by atoms with Gasteiger partial charge in [0.15, 0.2) is 18.7 Å². The Bertz CT molecular complexity index is 3090. The highest BCUT2D eigenvalue weighted by Crippen LogP contribution is 2.36. The van der Waals surface area contributed by atoms with E-state index in [0.29, 0.717) is 31.1 Å². The summed E-state index contributed by atoms with van der Waals surface area (Å²) in [5.41, 5.74) is 8.49. The zero-order valence-corrected chi connectivity index (χ0v) is 47.0. The van der Waals surface area contributed by atoms with Crippen LogP contribution in [0.2, 0.25) is 0 Å². The first-order valence-electron chi connectivity index (χ1n) is 28.4. The van der Waals surface area contributed by atoms with Crippen LogP contribution in [0.25, 0.3) is 5.76 Å². The van der Waals surface area contributed by atoms with Gasteiger partial charge in [-0.2, -0.15) is 0 Å². The van der Waals surface area contributed by atoms with Crippen molar-refractivity contribution in [3.05, 3.63) is 293 Å². The van der Waals surface area contributed by atoms with Crippen molar-refractivity contribution >= 4 is 5.76 Å². The van der Waals surface area contributed by atoms with Crippen molar-refractivity contribution in [2.75, 3.05) is 20.3 Å². The van der Waals surface area contributed by atoms with Crippen LogP contribution in [0.15, 0.2) is 243 Å². The molecule has 12 nitrogen and oxygen atoms in total. The monoisotopic (exact) mass is 1120 g/mol. The molecule has 0 radical (unpaired) electrons. The maximum atomic E-state index is 7.15. The summed E-state index contributed by atoms with van der Waals surface area (Å²) < 4.78 is 81.7. The summed E-state index contributed by atoms with van der Waals surface area (Å²) in [6, 6.07) is 78.2. The van der Waals surface area contributed by atoms with Crippen LogP contribution in [0.3, 0.4) is 0 Å². The Morgan fingerprint density at radius 3 is 1.05 bits per heavy atom. The lowest BCUT2D eigenvalue weighted by molar-refractivity contribution is -0.330. The maximum Gasteiger partial charge on any atom is 0.187 e. The number of benzene rings is 8. The smallest absolute Gasteiger partial charge is 0.187 e. The Hall–Kier alpha value is -7.14. The Kier molecular flexibility index (Phi) is 22.4. The molecule has 430 valence electrons. The standard InChI is InChI=1S/C71H74O12/c1-52(81-65-63(51-74-43-54-28-12-4-13-29-54)82-70(72-2)68(78-47-58-36-20-8-21-37-58)67(65)77-46-57-34-18-7-19-35-57)61-41-25-24-40-60(61)49-80-71-69(79-48-59-38-22-9-23-39-59)66(76-45-56-32-16-6-17-33-56)64(75-44-55-30-14-5-15-31-55)62(83-71)50-73-42-53-26-10-3-11-27-53/h3-41,62-71H,1,42-51H2,2H3/t62-,63-,64-,65-,66+,67+,68-,69+,70+,71?/m1/s1. The number of methoxy groups -OCH3 is 1. The summed E-state index contributed by atoms with van der Waals surface area (Å²) >= 11 is 0.